The molecule has 0 radical (unpaired) electrons. The first-order valence-electron chi connectivity index (χ1n) is 9.42. The van der Waals surface area contributed by atoms with E-state index in [1.54, 1.807) is 24.3 Å². The summed E-state index contributed by atoms with van der Waals surface area (Å²) < 4.78 is 31.3. The molecule has 2 aromatic carbocycles. The zero-order chi connectivity index (χ0) is 20.1. The molecule has 0 aliphatic heterocycles. The maximum absolute atomic E-state index is 12.4. The lowest BCUT2D eigenvalue weighted by atomic mass is 10.2. The molecule has 0 bridgehead atoms. The van der Waals surface area contributed by atoms with E-state index in [9.17, 15) is 13.2 Å². The monoisotopic (exact) mass is 402 g/mol. The zero-order valence-electron chi connectivity index (χ0n) is 16.2. The van der Waals surface area contributed by atoms with Crippen LogP contribution in [-0.2, 0) is 14.8 Å². The Morgan fingerprint density at radius 3 is 2.25 bits per heavy atom. The van der Waals surface area contributed by atoms with Crippen LogP contribution in [0.4, 0.5) is 11.4 Å². The van der Waals surface area contributed by atoms with Crippen LogP contribution in [-0.4, -0.2) is 33.2 Å². The van der Waals surface area contributed by atoms with Crippen molar-refractivity contribution in [3.05, 3.63) is 54.1 Å². The third kappa shape index (κ3) is 5.48. The number of carbonyl (C=O) groups excluding carboxylic acids is 1. The van der Waals surface area contributed by atoms with Crippen molar-refractivity contribution in [1.29, 1.82) is 0 Å². The van der Waals surface area contributed by atoms with E-state index >= 15 is 0 Å². The summed E-state index contributed by atoms with van der Waals surface area (Å²) in [5.41, 5.74) is 2.08. The smallest absolute Gasteiger partial charge is 0.245 e. The maximum atomic E-state index is 12.4. The van der Waals surface area contributed by atoms with Gasteiger partial charge >= 0.3 is 0 Å². The number of anilines is 2. The SMILES string of the molecule is Cc1ccc(N(CC(=O)Nc2ccc(OC3CCCC3)cc2)S(C)(=O)=O)cc1. The molecule has 150 valence electrons. The molecule has 0 aromatic heterocycles. The molecule has 1 saturated carbocycles. The van der Waals surface area contributed by atoms with Gasteiger partial charge in [-0.05, 0) is 69.0 Å². The maximum Gasteiger partial charge on any atom is 0.245 e. The van der Waals surface area contributed by atoms with E-state index in [1.165, 1.54) is 12.8 Å². The Hall–Kier alpha value is -2.54. The molecule has 6 nitrogen and oxygen atoms in total. The molecule has 7 heteroatoms. The summed E-state index contributed by atoms with van der Waals surface area (Å²) in [5.74, 6) is 0.373. The van der Waals surface area contributed by atoms with E-state index in [2.05, 4.69) is 5.32 Å². The fourth-order valence-electron chi connectivity index (χ4n) is 3.26. The molecule has 1 amide bonds. The highest BCUT2D eigenvalue weighted by Crippen LogP contribution is 2.25. The van der Waals surface area contributed by atoms with Gasteiger partial charge in [0.2, 0.25) is 15.9 Å². The van der Waals surface area contributed by atoms with Gasteiger partial charge in [0.05, 0.1) is 18.0 Å². The van der Waals surface area contributed by atoms with Gasteiger partial charge in [-0.2, -0.15) is 0 Å². The van der Waals surface area contributed by atoms with Crippen LogP contribution in [0.25, 0.3) is 0 Å². The molecule has 0 spiro atoms. The summed E-state index contributed by atoms with van der Waals surface area (Å²) in [4.78, 5) is 12.4. The second kappa shape index (κ2) is 8.65. The molecule has 1 N–H and O–H groups in total. The topological polar surface area (TPSA) is 75.7 Å². The third-order valence-corrected chi connectivity index (χ3v) is 5.89. The van der Waals surface area contributed by atoms with E-state index in [0.717, 1.165) is 34.7 Å². The lowest BCUT2D eigenvalue weighted by Gasteiger charge is -2.22. The van der Waals surface area contributed by atoms with E-state index in [1.807, 2.05) is 31.2 Å². The number of sulfonamides is 1. The second-order valence-corrected chi connectivity index (χ2v) is 9.11. The van der Waals surface area contributed by atoms with Crippen molar-refractivity contribution >= 4 is 27.3 Å². The van der Waals surface area contributed by atoms with Gasteiger partial charge in [-0.3, -0.25) is 9.10 Å². The fourth-order valence-corrected chi connectivity index (χ4v) is 4.11. The molecular formula is C21H26N2O4S. The van der Waals surface area contributed by atoms with Crippen molar-refractivity contribution in [2.75, 3.05) is 22.4 Å². The number of hydrogen-bond acceptors (Lipinski definition) is 4. The van der Waals surface area contributed by atoms with Gasteiger partial charge in [0.25, 0.3) is 0 Å². The first-order valence-corrected chi connectivity index (χ1v) is 11.3. The van der Waals surface area contributed by atoms with Gasteiger partial charge < -0.3 is 10.1 Å². The van der Waals surface area contributed by atoms with Gasteiger partial charge in [-0.15, -0.1) is 0 Å². The van der Waals surface area contributed by atoms with Gasteiger partial charge in [0, 0.05) is 5.69 Å². The number of amides is 1. The van der Waals surface area contributed by atoms with E-state index in [0.29, 0.717) is 11.4 Å². The van der Waals surface area contributed by atoms with E-state index < -0.39 is 15.9 Å². The Morgan fingerprint density at radius 1 is 1.07 bits per heavy atom. The number of hydrogen-bond donors (Lipinski definition) is 1. The predicted octanol–water partition coefficient (Wildman–Crippen LogP) is 3.72. The molecular weight excluding hydrogens is 376 g/mol. The number of benzene rings is 2. The molecule has 1 aliphatic rings. The first-order chi connectivity index (χ1) is 13.3. The normalized spacial score (nSPS) is 14.6. The predicted molar refractivity (Wildman–Crippen MR) is 111 cm³/mol. The van der Waals surface area contributed by atoms with Crippen LogP contribution in [0.3, 0.4) is 0 Å². The highest BCUT2D eigenvalue weighted by molar-refractivity contribution is 7.92. The Morgan fingerprint density at radius 2 is 1.68 bits per heavy atom. The minimum Gasteiger partial charge on any atom is -0.490 e. The minimum absolute atomic E-state index is 0.276. The summed E-state index contributed by atoms with van der Waals surface area (Å²) >= 11 is 0. The average Bonchev–Trinajstić information content (AvgIpc) is 3.14. The van der Waals surface area contributed by atoms with Gasteiger partial charge in [-0.1, -0.05) is 17.7 Å². The van der Waals surface area contributed by atoms with Gasteiger partial charge in [0.1, 0.15) is 12.3 Å². The number of nitrogens with zero attached hydrogens (tertiary/aromatic N) is 1. The van der Waals surface area contributed by atoms with Crippen LogP contribution in [0.5, 0.6) is 5.75 Å². The Balaban J connectivity index is 1.63. The van der Waals surface area contributed by atoms with Gasteiger partial charge in [0.15, 0.2) is 0 Å². The van der Waals surface area contributed by atoms with Crippen LogP contribution < -0.4 is 14.4 Å². The number of nitrogens with one attached hydrogen (secondary N) is 1. The largest absolute Gasteiger partial charge is 0.490 e. The molecule has 0 saturated heterocycles. The lowest BCUT2D eigenvalue weighted by molar-refractivity contribution is -0.114. The first kappa shape index (κ1) is 20.2. The highest BCUT2D eigenvalue weighted by atomic mass is 32.2. The van der Waals surface area contributed by atoms with Crippen molar-refractivity contribution in [3.63, 3.8) is 0 Å². The third-order valence-electron chi connectivity index (χ3n) is 4.75. The van der Waals surface area contributed by atoms with E-state index in [4.69, 9.17) is 4.74 Å². The van der Waals surface area contributed by atoms with Crippen molar-refractivity contribution < 1.29 is 17.9 Å². The number of ether oxygens (including phenoxy) is 1. The molecule has 1 fully saturated rings. The molecule has 28 heavy (non-hydrogen) atoms. The van der Waals surface area contributed by atoms with Crippen LogP contribution in [0.1, 0.15) is 31.2 Å². The summed E-state index contributed by atoms with van der Waals surface area (Å²) in [6, 6.07) is 14.2. The lowest BCUT2D eigenvalue weighted by Crippen LogP contribution is -2.37. The van der Waals surface area contributed by atoms with Crippen LogP contribution in [0, 0.1) is 6.92 Å². The van der Waals surface area contributed by atoms with E-state index in [-0.39, 0.29) is 12.6 Å². The van der Waals surface area contributed by atoms with Crippen molar-refractivity contribution in [2.24, 2.45) is 0 Å². The Labute approximate surface area is 166 Å². The van der Waals surface area contributed by atoms with Crippen molar-refractivity contribution in [1.82, 2.24) is 0 Å². The van der Waals surface area contributed by atoms with Gasteiger partial charge in [-0.25, -0.2) is 8.42 Å². The fraction of sp³-hybridized carbons (Fsp3) is 0.381. The van der Waals surface area contributed by atoms with Crippen LogP contribution in [0.15, 0.2) is 48.5 Å². The Bertz CT molecular complexity index is 902. The Kier molecular flexibility index (Phi) is 6.24. The molecule has 0 unspecified atom stereocenters. The van der Waals surface area contributed by atoms with Crippen molar-refractivity contribution in [3.8, 4) is 5.75 Å². The minimum atomic E-state index is -3.59. The molecule has 0 heterocycles. The second-order valence-electron chi connectivity index (χ2n) is 7.20. The number of carbonyl (C=O) groups is 1. The summed E-state index contributed by atoms with van der Waals surface area (Å²) in [6.45, 7) is 1.63. The molecule has 1 aliphatic carbocycles. The zero-order valence-corrected chi connectivity index (χ0v) is 17.0. The van der Waals surface area contributed by atoms with Crippen LogP contribution >= 0.6 is 0 Å². The summed E-state index contributed by atoms with van der Waals surface area (Å²) in [5, 5.41) is 2.75. The quantitative estimate of drug-likeness (QED) is 0.766. The molecule has 3 rings (SSSR count). The summed E-state index contributed by atoms with van der Waals surface area (Å²) in [7, 11) is -3.59. The summed E-state index contributed by atoms with van der Waals surface area (Å²) in [6.07, 6.45) is 5.94. The van der Waals surface area contributed by atoms with Crippen molar-refractivity contribution in [2.45, 2.75) is 38.7 Å². The number of rotatable bonds is 7. The molecule has 0 atom stereocenters. The number of aryl methyl sites for hydroxylation is 1. The van der Waals surface area contributed by atoms with Crippen LogP contribution in [0.2, 0.25) is 0 Å². The standard InChI is InChI=1S/C21H26N2O4S/c1-16-7-11-18(12-8-16)23(28(2,25)26)15-21(24)22-17-9-13-20(14-10-17)27-19-5-3-4-6-19/h7-14,19H,3-6,15H2,1-2H3,(H,22,24). The molecule has 2 aromatic rings. The highest BCUT2D eigenvalue weighted by Gasteiger charge is 2.21. The average molecular weight is 403 g/mol.